The number of carboxylic acid groups (broad SMARTS) is 2. The van der Waals surface area contributed by atoms with Gasteiger partial charge in [-0.3, -0.25) is 4.79 Å². The molecule has 7 heteroatoms. The maximum atomic E-state index is 11.4. The highest BCUT2D eigenvalue weighted by atomic mass is 16.4. The minimum absolute atomic E-state index is 0.269. The Bertz CT molecular complexity index is 361. The highest BCUT2D eigenvalue weighted by molar-refractivity contribution is 5.86. The largest absolute Gasteiger partial charge is 0.481 e. The summed E-state index contributed by atoms with van der Waals surface area (Å²) >= 11 is 0. The summed E-state index contributed by atoms with van der Waals surface area (Å²) in [7, 11) is 0. The van der Waals surface area contributed by atoms with Gasteiger partial charge in [0.15, 0.2) is 0 Å². The van der Waals surface area contributed by atoms with E-state index in [0.717, 1.165) is 0 Å². The molecule has 0 saturated carbocycles. The molecule has 4 N–H and O–H groups in total. The van der Waals surface area contributed by atoms with Crippen molar-refractivity contribution < 1.29 is 24.6 Å². The molecule has 100 valence electrons. The fourth-order valence-electron chi connectivity index (χ4n) is 1.20. The molecule has 0 heterocycles. The second-order valence-electron chi connectivity index (χ2n) is 3.62. The molecule has 2 atom stereocenters. The monoisotopic (exact) mass is 256 g/mol. The molecule has 0 saturated heterocycles. The van der Waals surface area contributed by atoms with Gasteiger partial charge in [0, 0.05) is 12.5 Å². The summed E-state index contributed by atoms with van der Waals surface area (Å²) in [5.74, 6) is -0.333. The Balaban J connectivity index is 4.38. The third kappa shape index (κ3) is 6.37. The van der Waals surface area contributed by atoms with Crippen molar-refractivity contribution in [3.05, 3.63) is 0 Å². The van der Waals surface area contributed by atoms with Crippen molar-refractivity contribution in [3.63, 3.8) is 0 Å². The lowest BCUT2D eigenvalue weighted by Gasteiger charge is -2.17. The molecule has 2 amide bonds. The summed E-state index contributed by atoms with van der Waals surface area (Å²) in [5.41, 5.74) is 0. The van der Waals surface area contributed by atoms with Crippen LogP contribution in [0.1, 0.15) is 26.2 Å². The average molecular weight is 256 g/mol. The minimum Gasteiger partial charge on any atom is -0.481 e. The predicted octanol–water partition coefficient (Wildman–Crippen LogP) is 0.0154. The van der Waals surface area contributed by atoms with Gasteiger partial charge in [-0.1, -0.05) is 6.92 Å². The molecule has 0 aliphatic carbocycles. The molecule has 0 aromatic carbocycles. The van der Waals surface area contributed by atoms with Crippen LogP contribution in [0.25, 0.3) is 0 Å². The minimum atomic E-state index is -1.47. The molecule has 0 radical (unpaired) electrons. The molecule has 0 bridgehead atoms. The number of hydrogen-bond acceptors (Lipinski definition) is 3. The van der Waals surface area contributed by atoms with Crippen molar-refractivity contribution in [1.82, 2.24) is 10.6 Å². The van der Waals surface area contributed by atoms with E-state index in [4.69, 9.17) is 16.6 Å². The normalized spacial score (nSPS) is 12.9. The average Bonchev–Trinajstić information content (AvgIpc) is 2.26. The van der Waals surface area contributed by atoms with E-state index < -0.39 is 30.4 Å². The number of nitrogens with one attached hydrogen (secondary N) is 2. The summed E-state index contributed by atoms with van der Waals surface area (Å²) in [6.07, 6.45) is 5.33. The van der Waals surface area contributed by atoms with E-state index in [1.165, 1.54) is 0 Å². The summed E-state index contributed by atoms with van der Waals surface area (Å²) in [5, 5.41) is 21.8. The molecule has 0 rings (SSSR count). The lowest BCUT2D eigenvalue weighted by molar-refractivity contribution is -0.145. The molecule has 1 unspecified atom stereocenters. The smallest absolute Gasteiger partial charge is 0.326 e. The molecule has 0 fully saturated rings. The molecule has 18 heavy (non-hydrogen) atoms. The maximum absolute atomic E-state index is 11.4. The van der Waals surface area contributed by atoms with E-state index in [2.05, 4.69) is 16.6 Å². The Morgan fingerprint density at radius 2 is 1.89 bits per heavy atom. The van der Waals surface area contributed by atoms with Gasteiger partial charge in [0.05, 0.1) is 6.42 Å². The van der Waals surface area contributed by atoms with E-state index in [1.54, 1.807) is 0 Å². The highest BCUT2D eigenvalue weighted by Crippen LogP contribution is 1.97. The van der Waals surface area contributed by atoms with Crippen LogP contribution in [0.4, 0.5) is 4.79 Å². The first kappa shape index (κ1) is 15.8. The fourth-order valence-corrected chi connectivity index (χ4v) is 1.20. The van der Waals surface area contributed by atoms with Crippen LogP contribution >= 0.6 is 0 Å². The van der Waals surface area contributed by atoms with Crippen LogP contribution in [0.5, 0.6) is 0 Å². The number of carboxylic acids is 2. The van der Waals surface area contributed by atoms with Crippen LogP contribution in [-0.4, -0.2) is 40.3 Å². The van der Waals surface area contributed by atoms with Crippen molar-refractivity contribution in [3.8, 4) is 12.3 Å². The van der Waals surface area contributed by atoms with Crippen LogP contribution in [-0.2, 0) is 9.59 Å². The van der Waals surface area contributed by atoms with Crippen LogP contribution in [0, 0.1) is 12.3 Å². The van der Waals surface area contributed by atoms with Crippen LogP contribution in [0.15, 0.2) is 0 Å². The van der Waals surface area contributed by atoms with Gasteiger partial charge in [-0.2, -0.15) is 0 Å². The van der Waals surface area contributed by atoms with E-state index in [0.29, 0.717) is 12.8 Å². The molecule has 0 aliphatic heterocycles. The Morgan fingerprint density at radius 1 is 1.28 bits per heavy atom. The molecule has 0 spiro atoms. The topological polar surface area (TPSA) is 116 Å². The van der Waals surface area contributed by atoms with Gasteiger partial charge >= 0.3 is 18.0 Å². The van der Waals surface area contributed by atoms with Gasteiger partial charge in [0.2, 0.25) is 0 Å². The van der Waals surface area contributed by atoms with Crippen molar-refractivity contribution in [2.45, 2.75) is 38.3 Å². The number of terminal acetylenes is 1. The summed E-state index contributed by atoms with van der Waals surface area (Å²) in [6.45, 7) is 1.81. The van der Waals surface area contributed by atoms with Crippen molar-refractivity contribution in [2.24, 2.45) is 0 Å². The first-order chi connectivity index (χ1) is 8.40. The van der Waals surface area contributed by atoms with Gasteiger partial charge < -0.3 is 20.8 Å². The summed E-state index contributed by atoms with van der Waals surface area (Å²) in [4.78, 5) is 32.6. The van der Waals surface area contributed by atoms with Crippen molar-refractivity contribution in [2.75, 3.05) is 0 Å². The number of hydrogen-bond donors (Lipinski definition) is 4. The van der Waals surface area contributed by atoms with E-state index in [-0.39, 0.29) is 6.04 Å². The highest BCUT2D eigenvalue weighted by Gasteiger charge is 2.23. The lowest BCUT2D eigenvalue weighted by atomic mass is 10.1. The maximum Gasteiger partial charge on any atom is 0.326 e. The zero-order chi connectivity index (χ0) is 14.1. The zero-order valence-electron chi connectivity index (χ0n) is 9.97. The van der Waals surface area contributed by atoms with Crippen LogP contribution in [0.2, 0.25) is 0 Å². The van der Waals surface area contributed by atoms with Crippen LogP contribution < -0.4 is 10.6 Å². The van der Waals surface area contributed by atoms with Crippen molar-refractivity contribution >= 4 is 18.0 Å². The Hall–Kier alpha value is -2.23. The van der Waals surface area contributed by atoms with E-state index in [9.17, 15) is 14.4 Å². The Labute approximate surface area is 105 Å². The van der Waals surface area contributed by atoms with Gasteiger partial charge in [0.25, 0.3) is 0 Å². The molecule has 0 aliphatic rings. The third-order valence-corrected chi connectivity index (χ3v) is 2.17. The lowest BCUT2D eigenvalue weighted by Crippen LogP contribution is -2.49. The van der Waals surface area contributed by atoms with E-state index in [1.807, 2.05) is 6.92 Å². The molecule has 7 nitrogen and oxygen atoms in total. The zero-order valence-corrected chi connectivity index (χ0v) is 9.97. The number of urea groups is 1. The van der Waals surface area contributed by atoms with Gasteiger partial charge in [0.1, 0.15) is 6.04 Å². The fraction of sp³-hybridized carbons (Fsp3) is 0.545. The predicted molar refractivity (Wildman–Crippen MR) is 62.9 cm³/mol. The second-order valence-corrected chi connectivity index (χ2v) is 3.62. The number of carbonyl (C=O) groups is 3. The number of rotatable bonds is 7. The third-order valence-electron chi connectivity index (χ3n) is 2.17. The first-order valence-electron chi connectivity index (χ1n) is 5.35. The Morgan fingerprint density at radius 3 is 2.28 bits per heavy atom. The standard InChI is InChI=1S/C11H16N2O5/c1-3-5-7(4-2)12-11(18)13-8(10(16)17)6-9(14)15/h1,7-8H,4-6H2,2H3,(H,14,15)(H,16,17)(H2,12,13,18)/t7?,8-/m0/s1. The SMILES string of the molecule is C#CCC(CC)NC(=O)N[C@@H](CC(=O)O)C(=O)O. The van der Waals surface area contributed by atoms with Gasteiger partial charge in [-0.15, -0.1) is 12.3 Å². The molecular formula is C11H16N2O5. The van der Waals surface area contributed by atoms with Gasteiger partial charge in [-0.05, 0) is 6.42 Å². The number of aliphatic carboxylic acids is 2. The summed E-state index contributed by atoms with van der Waals surface area (Å²) < 4.78 is 0. The molecule has 0 aromatic heterocycles. The second kappa shape index (κ2) is 7.95. The van der Waals surface area contributed by atoms with Gasteiger partial charge in [-0.25, -0.2) is 9.59 Å². The molecule has 0 aromatic rings. The van der Waals surface area contributed by atoms with Crippen molar-refractivity contribution in [1.29, 1.82) is 0 Å². The first-order valence-corrected chi connectivity index (χ1v) is 5.35. The summed E-state index contributed by atoms with van der Waals surface area (Å²) in [6, 6.07) is -2.48. The Kier molecular flexibility index (Phi) is 6.96. The van der Waals surface area contributed by atoms with Crippen LogP contribution in [0.3, 0.4) is 0 Å². The number of carbonyl (C=O) groups excluding carboxylic acids is 1. The van der Waals surface area contributed by atoms with E-state index >= 15 is 0 Å². The number of amides is 2. The molecular weight excluding hydrogens is 240 g/mol. The quantitative estimate of drug-likeness (QED) is 0.479.